The minimum atomic E-state index is 0.131. The van der Waals surface area contributed by atoms with Crippen LogP contribution in [0.1, 0.15) is 28.3 Å². The molecule has 0 saturated heterocycles. The standard InChI is InChI=1S/C24H25NO3/c1-26-20-9-10-21-18(14-20)12-13-25-24(21)19-8-11-22(23(15-19)27-2)28-16-17-6-4-3-5-7-17/h3-11,14-15,24-25H,12-13,16H2,1-2H3. The van der Waals surface area contributed by atoms with Gasteiger partial charge in [0.05, 0.1) is 20.3 Å². The minimum Gasteiger partial charge on any atom is -0.497 e. The third-order valence-corrected chi connectivity index (χ3v) is 5.16. The molecule has 0 radical (unpaired) electrons. The van der Waals surface area contributed by atoms with Gasteiger partial charge in [-0.25, -0.2) is 0 Å². The number of hydrogen-bond acceptors (Lipinski definition) is 4. The average Bonchev–Trinajstić information content (AvgIpc) is 2.77. The molecule has 0 aliphatic carbocycles. The van der Waals surface area contributed by atoms with Crippen LogP contribution in [-0.4, -0.2) is 20.8 Å². The fourth-order valence-electron chi connectivity index (χ4n) is 3.68. The Morgan fingerprint density at radius 2 is 1.75 bits per heavy atom. The zero-order chi connectivity index (χ0) is 19.3. The number of nitrogens with one attached hydrogen (secondary N) is 1. The van der Waals surface area contributed by atoms with E-state index in [2.05, 4.69) is 41.7 Å². The van der Waals surface area contributed by atoms with E-state index in [0.717, 1.165) is 41.3 Å². The molecule has 1 unspecified atom stereocenters. The van der Waals surface area contributed by atoms with Gasteiger partial charge in [0.1, 0.15) is 12.4 Å². The first-order valence-corrected chi connectivity index (χ1v) is 9.53. The molecule has 0 aromatic heterocycles. The summed E-state index contributed by atoms with van der Waals surface area (Å²) in [6.07, 6.45) is 0.998. The van der Waals surface area contributed by atoms with Crippen molar-refractivity contribution in [2.24, 2.45) is 0 Å². The van der Waals surface area contributed by atoms with Crippen LogP contribution in [0.4, 0.5) is 0 Å². The zero-order valence-corrected chi connectivity index (χ0v) is 16.3. The van der Waals surface area contributed by atoms with Crippen LogP contribution in [-0.2, 0) is 13.0 Å². The zero-order valence-electron chi connectivity index (χ0n) is 16.3. The van der Waals surface area contributed by atoms with Crippen molar-refractivity contribution in [3.05, 3.63) is 89.0 Å². The van der Waals surface area contributed by atoms with Gasteiger partial charge in [-0.15, -0.1) is 0 Å². The molecule has 1 aliphatic heterocycles. The van der Waals surface area contributed by atoms with Gasteiger partial charge in [0.25, 0.3) is 0 Å². The van der Waals surface area contributed by atoms with Crippen molar-refractivity contribution >= 4 is 0 Å². The molecule has 4 heteroatoms. The van der Waals surface area contributed by atoms with Gasteiger partial charge < -0.3 is 19.5 Å². The van der Waals surface area contributed by atoms with E-state index in [1.807, 2.05) is 30.3 Å². The molecule has 1 aliphatic rings. The number of methoxy groups -OCH3 is 2. The molecule has 1 N–H and O–H groups in total. The van der Waals surface area contributed by atoms with E-state index in [1.165, 1.54) is 11.1 Å². The quantitative estimate of drug-likeness (QED) is 0.688. The van der Waals surface area contributed by atoms with Gasteiger partial charge in [-0.3, -0.25) is 0 Å². The first kappa shape index (κ1) is 18.4. The van der Waals surface area contributed by atoms with Crippen molar-refractivity contribution < 1.29 is 14.2 Å². The Morgan fingerprint density at radius 1 is 0.893 bits per heavy atom. The van der Waals surface area contributed by atoms with Gasteiger partial charge in [-0.1, -0.05) is 42.5 Å². The molecule has 1 heterocycles. The smallest absolute Gasteiger partial charge is 0.161 e. The minimum absolute atomic E-state index is 0.131. The summed E-state index contributed by atoms with van der Waals surface area (Å²) < 4.78 is 17.0. The second-order valence-electron chi connectivity index (χ2n) is 6.89. The second kappa shape index (κ2) is 8.36. The lowest BCUT2D eigenvalue weighted by Crippen LogP contribution is -2.30. The van der Waals surface area contributed by atoms with Crippen molar-refractivity contribution in [2.45, 2.75) is 19.1 Å². The van der Waals surface area contributed by atoms with Crippen molar-refractivity contribution in [3.8, 4) is 17.2 Å². The molecule has 28 heavy (non-hydrogen) atoms. The lowest BCUT2D eigenvalue weighted by atomic mass is 9.89. The highest BCUT2D eigenvalue weighted by Crippen LogP contribution is 2.36. The monoisotopic (exact) mass is 375 g/mol. The van der Waals surface area contributed by atoms with E-state index in [0.29, 0.717) is 6.61 Å². The van der Waals surface area contributed by atoms with E-state index >= 15 is 0 Å². The highest BCUT2D eigenvalue weighted by molar-refractivity contribution is 5.49. The Hall–Kier alpha value is -2.98. The number of benzene rings is 3. The Bertz CT molecular complexity index is 940. The van der Waals surface area contributed by atoms with Gasteiger partial charge in [0.2, 0.25) is 0 Å². The van der Waals surface area contributed by atoms with Gasteiger partial charge in [0.15, 0.2) is 11.5 Å². The summed E-state index contributed by atoms with van der Waals surface area (Å²) in [6, 6.07) is 22.8. The largest absolute Gasteiger partial charge is 0.497 e. The van der Waals surface area contributed by atoms with Crippen molar-refractivity contribution in [2.75, 3.05) is 20.8 Å². The van der Waals surface area contributed by atoms with Crippen LogP contribution in [0.2, 0.25) is 0 Å². The highest BCUT2D eigenvalue weighted by Gasteiger charge is 2.23. The Labute approximate surface area is 166 Å². The molecule has 1 atom stereocenters. The van der Waals surface area contributed by atoms with Gasteiger partial charge >= 0.3 is 0 Å². The third-order valence-electron chi connectivity index (χ3n) is 5.16. The van der Waals surface area contributed by atoms with E-state index in [-0.39, 0.29) is 6.04 Å². The van der Waals surface area contributed by atoms with Crippen molar-refractivity contribution in [1.29, 1.82) is 0 Å². The lowest BCUT2D eigenvalue weighted by Gasteiger charge is -2.28. The average molecular weight is 375 g/mol. The number of fused-ring (bicyclic) bond motifs is 1. The van der Waals surface area contributed by atoms with Crippen LogP contribution in [0.5, 0.6) is 17.2 Å². The second-order valence-corrected chi connectivity index (χ2v) is 6.89. The van der Waals surface area contributed by atoms with Crippen LogP contribution < -0.4 is 19.5 Å². The highest BCUT2D eigenvalue weighted by atomic mass is 16.5. The summed E-state index contributed by atoms with van der Waals surface area (Å²) in [6.45, 7) is 1.44. The fourth-order valence-corrected chi connectivity index (χ4v) is 3.68. The Balaban J connectivity index is 1.58. The third kappa shape index (κ3) is 3.82. The van der Waals surface area contributed by atoms with Crippen LogP contribution in [0.25, 0.3) is 0 Å². The molecule has 0 fully saturated rings. The SMILES string of the molecule is COc1ccc2c(c1)CCNC2c1ccc(OCc2ccccc2)c(OC)c1. The fraction of sp³-hybridized carbons (Fsp3) is 0.250. The molecule has 0 amide bonds. The molecule has 144 valence electrons. The summed E-state index contributed by atoms with van der Waals surface area (Å²) in [5.74, 6) is 2.40. The molecule has 0 bridgehead atoms. The topological polar surface area (TPSA) is 39.7 Å². The Kier molecular flexibility index (Phi) is 5.49. The van der Waals surface area contributed by atoms with E-state index < -0.39 is 0 Å². The van der Waals surface area contributed by atoms with Gasteiger partial charge in [-0.05, 0) is 52.9 Å². The van der Waals surface area contributed by atoms with Gasteiger partial charge in [-0.2, -0.15) is 0 Å². The van der Waals surface area contributed by atoms with E-state index in [9.17, 15) is 0 Å². The molecular formula is C24H25NO3. The summed E-state index contributed by atoms with van der Waals surface area (Å²) in [5.41, 5.74) is 4.90. The summed E-state index contributed by atoms with van der Waals surface area (Å²) in [4.78, 5) is 0. The van der Waals surface area contributed by atoms with Crippen molar-refractivity contribution in [3.63, 3.8) is 0 Å². The summed E-state index contributed by atoms with van der Waals surface area (Å²) in [7, 11) is 3.39. The first-order chi connectivity index (χ1) is 13.8. The maximum absolute atomic E-state index is 5.99. The number of ether oxygens (including phenoxy) is 3. The maximum atomic E-state index is 5.99. The molecule has 3 aromatic rings. The number of hydrogen-bond donors (Lipinski definition) is 1. The Morgan fingerprint density at radius 3 is 2.54 bits per heavy atom. The molecule has 4 nitrogen and oxygen atoms in total. The predicted molar refractivity (Wildman–Crippen MR) is 110 cm³/mol. The number of rotatable bonds is 6. The first-order valence-electron chi connectivity index (χ1n) is 9.53. The molecule has 4 rings (SSSR count). The van der Waals surface area contributed by atoms with E-state index in [4.69, 9.17) is 14.2 Å². The van der Waals surface area contributed by atoms with Crippen LogP contribution in [0, 0.1) is 0 Å². The van der Waals surface area contributed by atoms with E-state index in [1.54, 1.807) is 14.2 Å². The summed E-state index contributed by atoms with van der Waals surface area (Å²) in [5, 5.41) is 3.62. The predicted octanol–water partition coefficient (Wildman–Crippen LogP) is 4.52. The van der Waals surface area contributed by atoms with Gasteiger partial charge in [0, 0.05) is 6.54 Å². The lowest BCUT2D eigenvalue weighted by molar-refractivity contribution is 0.284. The molecule has 0 spiro atoms. The molecule has 3 aromatic carbocycles. The normalized spacial score (nSPS) is 15.6. The maximum Gasteiger partial charge on any atom is 0.161 e. The molecule has 0 saturated carbocycles. The summed E-state index contributed by atoms with van der Waals surface area (Å²) >= 11 is 0. The van der Waals surface area contributed by atoms with Crippen LogP contribution in [0.15, 0.2) is 66.7 Å². The van der Waals surface area contributed by atoms with Crippen molar-refractivity contribution in [1.82, 2.24) is 5.32 Å². The molecular weight excluding hydrogens is 350 g/mol. The van der Waals surface area contributed by atoms with Crippen LogP contribution >= 0.6 is 0 Å². The van der Waals surface area contributed by atoms with Crippen LogP contribution in [0.3, 0.4) is 0 Å².